The Labute approximate surface area is 86.2 Å². The summed E-state index contributed by atoms with van der Waals surface area (Å²) in [6, 6.07) is 0. The number of esters is 1. The van der Waals surface area contributed by atoms with Crippen LogP contribution in [0, 0.1) is 11.8 Å². The lowest BCUT2D eigenvalue weighted by Crippen LogP contribution is -2.30. The van der Waals surface area contributed by atoms with Gasteiger partial charge in [0.25, 0.3) is 0 Å². The number of hydrogen-bond donors (Lipinski definition) is 1. The molecule has 1 aliphatic rings. The second-order valence-electron chi connectivity index (χ2n) is 4.47. The molecular formula is C11H21NO2. The summed E-state index contributed by atoms with van der Waals surface area (Å²) in [5, 5.41) is 3.29. The van der Waals surface area contributed by atoms with E-state index in [9.17, 15) is 4.79 Å². The lowest BCUT2D eigenvalue weighted by atomic mass is 9.99. The predicted octanol–water partition coefficient (Wildman–Crippen LogP) is 1.58. The van der Waals surface area contributed by atoms with Crippen molar-refractivity contribution >= 4 is 5.97 Å². The smallest absolute Gasteiger partial charge is 0.306 e. The minimum atomic E-state index is -0.0430. The molecule has 0 aromatic rings. The molecule has 3 nitrogen and oxygen atoms in total. The van der Waals surface area contributed by atoms with Crippen LogP contribution in [0.3, 0.4) is 0 Å². The highest BCUT2D eigenvalue weighted by atomic mass is 16.5. The first-order valence-electron chi connectivity index (χ1n) is 5.55. The van der Waals surface area contributed by atoms with Crippen molar-refractivity contribution in [1.82, 2.24) is 5.32 Å². The van der Waals surface area contributed by atoms with Gasteiger partial charge in [-0.3, -0.25) is 4.79 Å². The van der Waals surface area contributed by atoms with Crippen LogP contribution in [0.4, 0.5) is 0 Å². The fourth-order valence-corrected chi connectivity index (χ4v) is 1.65. The van der Waals surface area contributed by atoms with Crippen molar-refractivity contribution in [3.8, 4) is 0 Å². The molecule has 1 saturated heterocycles. The highest BCUT2D eigenvalue weighted by Gasteiger charge is 2.15. The quantitative estimate of drug-likeness (QED) is 0.698. The van der Waals surface area contributed by atoms with Gasteiger partial charge in [-0.15, -0.1) is 0 Å². The Morgan fingerprint density at radius 1 is 1.43 bits per heavy atom. The first-order valence-corrected chi connectivity index (χ1v) is 5.55. The van der Waals surface area contributed by atoms with Crippen LogP contribution in [0.1, 0.15) is 33.1 Å². The number of hydrogen-bond acceptors (Lipinski definition) is 3. The van der Waals surface area contributed by atoms with Crippen LogP contribution in [0.2, 0.25) is 0 Å². The Morgan fingerprint density at radius 2 is 2.07 bits per heavy atom. The normalized spacial score (nSPS) is 18.5. The Morgan fingerprint density at radius 3 is 2.64 bits per heavy atom. The summed E-state index contributed by atoms with van der Waals surface area (Å²) in [6.07, 6.45) is 2.81. The van der Waals surface area contributed by atoms with Crippen LogP contribution >= 0.6 is 0 Å². The standard InChI is InChI=1S/C11H21NO2/c1-9(2)7-11(13)14-8-10-3-5-12-6-4-10/h9-10,12H,3-8H2,1-2H3. The Kier molecular flexibility index (Phi) is 4.94. The average Bonchev–Trinajstić information content (AvgIpc) is 2.15. The number of ether oxygens (including phenoxy) is 1. The van der Waals surface area contributed by atoms with Crippen LogP contribution in [0.25, 0.3) is 0 Å². The average molecular weight is 199 g/mol. The van der Waals surface area contributed by atoms with E-state index >= 15 is 0 Å². The highest BCUT2D eigenvalue weighted by molar-refractivity contribution is 5.69. The highest BCUT2D eigenvalue weighted by Crippen LogP contribution is 2.12. The van der Waals surface area contributed by atoms with E-state index in [1.165, 1.54) is 0 Å². The predicted molar refractivity (Wildman–Crippen MR) is 56.0 cm³/mol. The molecule has 0 radical (unpaired) electrons. The van der Waals surface area contributed by atoms with Gasteiger partial charge >= 0.3 is 5.97 Å². The molecule has 0 saturated carbocycles. The van der Waals surface area contributed by atoms with Crippen LogP contribution < -0.4 is 5.32 Å². The SMILES string of the molecule is CC(C)CC(=O)OCC1CCNCC1. The van der Waals surface area contributed by atoms with E-state index in [2.05, 4.69) is 5.32 Å². The monoisotopic (exact) mass is 199 g/mol. The topological polar surface area (TPSA) is 38.3 Å². The summed E-state index contributed by atoms with van der Waals surface area (Å²) in [7, 11) is 0. The van der Waals surface area contributed by atoms with Crippen molar-refractivity contribution in [1.29, 1.82) is 0 Å². The number of carbonyl (C=O) groups is 1. The molecule has 14 heavy (non-hydrogen) atoms. The maximum absolute atomic E-state index is 11.3. The third-order valence-electron chi connectivity index (χ3n) is 2.51. The van der Waals surface area contributed by atoms with Gasteiger partial charge in [0.1, 0.15) is 0 Å². The molecular weight excluding hydrogens is 178 g/mol. The zero-order valence-electron chi connectivity index (χ0n) is 9.21. The van der Waals surface area contributed by atoms with Crippen LogP contribution in [0.5, 0.6) is 0 Å². The Bertz CT molecular complexity index is 174. The minimum absolute atomic E-state index is 0.0430. The third-order valence-corrected chi connectivity index (χ3v) is 2.51. The summed E-state index contributed by atoms with van der Waals surface area (Å²) in [5.41, 5.74) is 0. The summed E-state index contributed by atoms with van der Waals surface area (Å²) < 4.78 is 5.23. The van der Waals surface area contributed by atoms with Gasteiger partial charge in [0.15, 0.2) is 0 Å². The molecule has 3 heteroatoms. The molecule has 1 heterocycles. The molecule has 1 rings (SSSR count). The van der Waals surface area contributed by atoms with Crippen LogP contribution in [0.15, 0.2) is 0 Å². The van der Waals surface area contributed by atoms with E-state index in [0.717, 1.165) is 25.9 Å². The molecule has 0 atom stereocenters. The van der Waals surface area contributed by atoms with E-state index < -0.39 is 0 Å². The first kappa shape index (κ1) is 11.5. The number of rotatable bonds is 4. The van der Waals surface area contributed by atoms with E-state index in [-0.39, 0.29) is 5.97 Å². The van der Waals surface area contributed by atoms with Crippen molar-refractivity contribution < 1.29 is 9.53 Å². The van der Waals surface area contributed by atoms with Gasteiger partial charge in [-0.05, 0) is 37.8 Å². The molecule has 0 aromatic heterocycles. The fraction of sp³-hybridized carbons (Fsp3) is 0.909. The van der Waals surface area contributed by atoms with Crippen LogP contribution in [-0.2, 0) is 9.53 Å². The molecule has 0 bridgehead atoms. The Balaban J connectivity index is 2.09. The summed E-state index contributed by atoms with van der Waals surface area (Å²) >= 11 is 0. The minimum Gasteiger partial charge on any atom is -0.465 e. The third kappa shape index (κ3) is 4.61. The maximum atomic E-state index is 11.3. The summed E-state index contributed by atoms with van der Waals surface area (Å²) in [5.74, 6) is 0.932. The molecule has 1 aliphatic heterocycles. The summed E-state index contributed by atoms with van der Waals surface area (Å²) in [6.45, 7) is 6.81. The fourth-order valence-electron chi connectivity index (χ4n) is 1.65. The van der Waals surface area contributed by atoms with Crippen molar-refractivity contribution in [3.63, 3.8) is 0 Å². The first-order chi connectivity index (χ1) is 6.68. The van der Waals surface area contributed by atoms with Gasteiger partial charge in [-0.25, -0.2) is 0 Å². The lowest BCUT2D eigenvalue weighted by molar-refractivity contribution is -0.146. The molecule has 82 valence electrons. The molecule has 0 amide bonds. The van der Waals surface area contributed by atoms with Crippen molar-refractivity contribution in [2.24, 2.45) is 11.8 Å². The maximum Gasteiger partial charge on any atom is 0.306 e. The van der Waals surface area contributed by atoms with E-state index in [1.807, 2.05) is 13.8 Å². The van der Waals surface area contributed by atoms with E-state index in [0.29, 0.717) is 24.9 Å². The van der Waals surface area contributed by atoms with E-state index in [4.69, 9.17) is 4.74 Å². The molecule has 1 fully saturated rings. The number of carbonyl (C=O) groups excluding carboxylic acids is 1. The van der Waals surface area contributed by atoms with Gasteiger partial charge in [0, 0.05) is 6.42 Å². The molecule has 1 N–H and O–H groups in total. The van der Waals surface area contributed by atoms with Crippen molar-refractivity contribution in [3.05, 3.63) is 0 Å². The van der Waals surface area contributed by atoms with Crippen LogP contribution in [-0.4, -0.2) is 25.7 Å². The van der Waals surface area contributed by atoms with Gasteiger partial charge in [-0.1, -0.05) is 13.8 Å². The van der Waals surface area contributed by atoms with Gasteiger partial charge < -0.3 is 10.1 Å². The molecule has 0 aromatic carbocycles. The van der Waals surface area contributed by atoms with Gasteiger partial charge in [0.05, 0.1) is 6.61 Å². The lowest BCUT2D eigenvalue weighted by Gasteiger charge is -2.22. The van der Waals surface area contributed by atoms with Gasteiger partial charge in [0.2, 0.25) is 0 Å². The second kappa shape index (κ2) is 6.02. The van der Waals surface area contributed by atoms with Crippen molar-refractivity contribution in [2.75, 3.05) is 19.7 Å². The zero-order chi connectivity index (χ0) is 10.4. The number of nitrogens with one attached hydrogen (secondary N) is 1. The Hall–Kier alpha value is -0.570. The van der Waals surface area contributed by atoms with Crippen molar-refractivity contribution in [2.45, 2.75) is 33.1 Å². The summed E-state index contributed by atoms with van der Waals surface area (Å²) in [4.78, 5) is 11.3. The van der Waals surface area contributed by atoms with E-state index in [1.54, 1.807) is 0 Å². The second-order valence-corrected chi connectivity index (χ2v) is 4.47. The molecule has 0 unspecified atom stereocenters. The zero-order valence-corrected chi connectivity index (χ0v) is 9.21. The molecule has 0 aliphatic carbocycles. The number of piperidine rings is 1. The largest absolute Gasteiger partial charge is 0.465 e. The van der Waals surface area contributed by atoms with Gasteiger partial charge in [-0.2, -0.15) is 0 Å². The molecule has 0 spiro atoms.